The Morgan fingerprint density at radius 3 is 2.95 bits per heavy atom. The van der Waals surface area contributed by atoms with E-state index >= 15 is 0 Å². The van der Waals surface area contributed by atoms with Crippen LogP contribution in [0.5, 0.6) is 0 Å². The third kappa shape index (κ3) is 3.01. The van der Waals surface area contributed by atoms with Gasteiger partial charge in [-0.05, 0) is 38.6 Å². The van der Waals surface area contributed by atoms with Gasteiger partial charge in [-0.1, -0.05) is 0 Å². The molecule has 1 saturated heterocycles. The average Bonchev–Trinajstić information content (AvgIpc) is 2.82. The summed E-state index contributed by atoms with van der Waals surface area (Å²) >= 11 is 0. The van der Waals surface area contributed by atoms with Crippen molar-refractivity contribution in [2.24, 2.45) is 0 Å². The quantitative estimate of drug-likeness (QED) is 0.649. The molecule has 1 heterocycles. The van der Waals surface area contributed by atoms with Crippen molar-refractivity contribution >= 4 is 17.3 Å². The number of esters is 1. The molecule has 0 spiro atoms. The number of nitrogens with one attached hydrogen (secondary N) is 1. The molecule has 3 N–H and O–H groups in total. The second-order valence-electron chi connectivity index (χ2n) is 5.07. The van der Waals surface area contributed by atoms with Crippen molar-refractivity contribution in [2.75, 3.05) is 38.3 Å². The lowest BCUT2D eigenvalue weighted by molar-refractivity contribution is 0.0602. The Morgan fingerprint density at radius 1 is 1.60 bits per heavy atom. The molecule has 1 atom stereocenters. The summed E-state index contributed by atoms with van der Waals surface area (Å²) in [5.74, 6) is -1.03. The van der Waals surface area contributed by atoms with Gasteiger partial charge >= 0.3 is 5.97 Å². The highest BCUT2D eigenvalue weighted by Gasteiger charge is 2.21. The molecule has 1 aromatic rings. The van der Waals surface area contributed by atoms with Crippen molar-refractivity contribution in [2.45, 2.75) is 18.9 Å². The Morgan fingerprint density at radius 2 is 2.35 bits per heavy atom. The van der Waals surface area contributed by atoms with E-state index in [9.17, 15) is 9.18 Å². The monoisotopic (exact) mass is 281 g/mol. The van der Waals surface area contributed by atoms with Crippen LogP contribution in [0, 0.1) is 5.82 Å². The number of ether oxygens (including phenoxy) is 1. The van der Waals surface area contributed by atoms with Crippen molar-refractivity contribution in [3.8, 4) is 0 Å². The number of rotatable bonds is 4. The van der Waals surface area contributed by atoms with Crippen LogP contribution in [-0.4, -0.2) is 44.2 Å². The molecule has 0 bridgehead atoms. The summed E-state index contributed by atoms with van der Waals surface area (Å²) in [5, 5.41) is 3.05. The zero-order valence-electron chi connectivity index (χ0n) is 11.8. The van der Waals surface area contributed by atoms with E-state index in [0.29, 0.717) is 12.6 Å². The minimum atomic E-state index is -0.566. The van der Waals surface area contributed by atoms with Gasteiger partial charge in [-0.2, -0.15) is 0 Å². The fourth-order valence-electron chi connectivity index (χ4n) is 2.48. The van der Waals surface area contributed by atoms with E-state index in [1.54, 1.807) is 0 Å². The molecule has 0 amide bonds. The highest BCUT2D eigenvalue weighted by Crippen LogP contribution is 2.24. The number of benzene rings is 1. The average molecular weight is 281 g/mol. The predicted octanol–water partition coefficient (Wildman–Crippen LogP) is 1.70. The van der Waals surface area contributed by atoms with E-state index in [-0.39, 0.29) is 16.9 Å². The SMILES string of the molecule is COC(=O)c1cc(NCC2CCCN2C)c(F)cc1N. The number of carbonyl (C=O) groups excluding carboxylic acids is 1. The summed E-state index contributed by atoms with van der Waals surface area (Å²) in [6.07, 6.45) is 2.24. The molecule has 0 saturated carbocycles. The minimum Gasteiger partial charge on any atom is -0.465 e. The van der Waals surface area contributed by atoms with E-state index in [0.717, 1.165) is 25.5 Å². The lowest BCUT2D eigenvalue weighted by Crippen LogP contribution is -2.31. The van der Waals surface area contributed by atoms with E-state index < -0.39 is 11.8 Å². The zero-order valence-corrected chi connectivity index (χ0v) is 11.8. The largest absolute Gasteiger partial charge is 0.465 e. The van der Waals surface area contributed by atoms with Crippen LogP contribution in [0.15, 0.2) is 12.1 Å². The van der Waals surface area contributed by atoms with Crippen LogP contribution >= 0.6 is 0 Å². The number of likely N-dealkylation sites (tertiary alicyclic amines) is 1. The van der Waals surface area contributed by atoms with Gasteiger partial charge in [-0.3, -0.25) is 0 Å². The molecule has 1 fully saturated rings. The molecule has 0 aliphatic carbocycles. The third-order valence-corrected chi connectivity index (χ3v) is 3.74. The van der Waals surface area contributed by atoms with Gasteiger partial charge in [0.1, 0.15) is 5.82 Å². The number of likely N-dealkylation sites (N-methyl/N-ethyl adjacent to an activating group) is 1. The summed E-state index contributed by atoms with van der Waals surface area (Å²) in [6, 6.07) is 2.94. The Balaban J connectivity index is 2.12. The number of anilines is 2. The molecule has 1 aliphatic heterocycles. The van der Waals surface area contributed by atoms with Crippen molar-refractivity contribution in [1.82, 2.24) is 4.90 Å². The molecule has 5 nitrogen and oxygen atoms in total. The Kier molecular flexibility index (Phi) is 4.44. The van der Waals surface area contributed by atoms with Crippen molar-refractivity contribution < 1.29 is 13.9 Å². The van der Waals surface area contributed by atoms with E-state index in [1.165, 1.54) is 13.2 Å². The lowest BCUT2D eigenvalue weighted by Gasteiger charge is -2.20. The number of nitrogen functional groups attached to an aromatic ring is 1. The highest BCUT2D eigenvalue weighted by molar-refractivity contribution is 5.96. The normalized spacial score (nSPS) is 19.1. The maximum Gasteiger partial charge on any atom is 0.340 e. The molecule has 0 radical (unpaired) electrons. The van der Waals surface area contributed by atoms with Crippen LogP contribution in [0.2, 0.25) is 0 Å². The summed E-state index contributed by atoms with van der Waals surface area (Å²) in [4.78, 5) is 13.8. The van der Waals surface area contributed by atoms with Crippen LogP contribution in [0.3, 0.4) is 0 Å². The van der Waals surface area contributed by atoms with E-state index in [2.05, 4.69) is 22.0 Å². The number of nitrogens with two attached hydrogens (primary N) is 1. The van der Waals surface area contributed by atoms with Crippen molar-refractivity contribution in [1.29, 1.82) is 0 Å². The smallest absolute Gasteiger partial charge is 0.340 e. The molecular weight excluding hydrogens is 261 g/mol. The highest BCUT2D eigenvalue weighted by atomic mass is 19.1. The van der Waals surface area contributed by atoms with Crippen molar-refractivity contribution in [3.63, 3.8) is 0 Å². The number of methoxy groups -OCH3 is 1. The molecule has 110 valence electrons. The molecule has 0 aromatic heterocycles. The van der Waals surface area contributed by atoms with Crippen molar-refractivity contribution in [3.05, 3.63) is 23.5 Å². The number of hydrogen-bond donors (Lipinski definition) is 2. The zero-order chi connectivity index (χ0) is 14.7. The maximum atomic E-state index is 13.9. The van der Waals surface area contributed by atoms with E-state index in [4.69, 9.17) is 5.73 Å². The standard InChI is InChI=1S/C14H20FN3O2/c1-18-5-3-4-9(18)8-17-13-6-10(14(19)20-2)12(16)7-11(13)15/h6-7,9,17H,3-5,8,16H2,1-2H3. The topological polar surface area (TPSA) is 67.6 Å². The Hall–Kier alpha value is -1.82. The minimum absolute atomic E-state index is 0.0814. The molecule has 1 aromatic carbocycles. The Bertz CT molecular complexity index is 507. The van der Waals surface area contributed by atoms with Gasteiger partial charge < -0.3 is 20.7 Å². The summed E-state index contributed by atoms with van der Waals surface area (Å²) < 4.78 is 18.5. The summed E-state index contributed by atoms with van der Waals surface area (Å²) in [6.45, 7) is 1.70. The summed E-state index contributed by atoms with van der Waals surface area (Å²) in [5.41, 5.74) is 6.17. The molecule has 2 rings (SSSR count). The first-order valence-electron chi connectivity index (χ1n) is 6.64. The molecule has 1 aliphatic rings. The van der Waals surface area contributed by atoms with Gasteiger partial charge in [-0.25, -0.2) is 9.18 Å². The summed E-state index contributed by atoms with van der Waals surface area (Å²) in [7, 11) is 3.32. The lowest BCUT2D eigenvalue weighted by atomic mass is 10.1. The van der Waals surface area contributed by atoms with Crippen LogP contribution in [0.4, 0.5) is 15.8 Å². The number of carbonyl (C=O) groups is 1. The van der Waals surface area contributed by atoms with Gasteiger partial charge in [-0.15, -0.1) is 0 Å². The molecular formula is C14H20FN3O2. The van der Waals surface area contributed by atoms with E-state index in [1.807, 2.05) is 0 Å². The van der Waals surface area contributed by atoms with Gasteiger partial charge in [0.15, 0.2) is 0 Å². The van der Waals surface area contributed by atoms with Crippen LogP contribution < -0.4 is 11.1 Å². The second kappa shape index (κ2) is 6.09. The van der Waals surface area contributed by atoms with Crippen LogP contribution in [0.1, 0.15) is 23.2 Å². The molecule has 6 heteroatoms. The van der Waals surface area contributed by atoms with Gasteiger partial charge in [0.25, 0.3) is 0 Å². The van der Waals surface area contributed by atoms with Crippen LogP contribution in [0.25, 0.3) is 0 Å². The number of nitrogens with zero attached hydrogens (tertiary/aromatic N) is 1. The predicted molar refractivity (Wildman–Crippen MR) is 76.3 cm³/mol. The van der Waals surface area contributed by atoms with Gasteiger partial charge in [0.2, 0.25) is 0 Å². The molecule has 20 heavy (non-hydrogen) atoms. The van der Waals surface area contributed by atoms with Crippen LogP contribution in [-0.2, 0) is 4.74 Å². The fourth-order valence-corrected chi connectivity index (χ4v) is 2.48. The second-order valence-corrected chi connectivity index (χ2v) is 5.07. The fraction of sp³-hybridized carbons (Fsp3) is 0.500. The first-order chi connectivity index (χ1) is 9.52. The van der Waals surface area contributed by atoms with Gasteiger partial charge in [0, 0.05) is 18.3 Å². The molecule has 1 unspecified atom stereocenters. The maximum absolute atomic E-state index is 13.9. The first kappa shape index (κ1) is 14.6. The van der Waals surface area contributed by atoms with Gasteiger partial charge in [0.05, 0.1) is 18.4 Å². The Labute approximate surface area is 117 Å². The number of halogens is 1. The third-order valence-electron chi connectivity index (χ3n) is 3.74. The number of hydrogen-bond acceptors (Lipinski definition) is 5. The first-order valence-corrected chi connectivity index (χ1v) is 6.64.